The lowest BCUT2D eigenvalue weighted by Crippen LogP contribution is -2.03. The molecule has 0 N–H and O–H groups in total. The molecule has 1 heterocycles. The Morgan fingerprint density at radius 3 is 2.52 bits per heavy atom. The van der Waals surface area contributed by atoms with Gasteiger partial charge in [-0.05, 0) is 42.8 Å². The summed E-state index contributed by atoms with van der Waals surface area (Å²) < 4.78 is 11.8. The minimum Gasteiger partial charge on any atom is -0.452 e. The van der Waals surface area contributed by atoms with E-state index in [1.807, 2.05) is 24.3 Å². The monoisotopic (exact) mass is 372 g/mol. The first-order valence-electron chi connectivity index (χ1n) is 6.97. The Balaban J connectivity index is 1.97. The molecule has 4 nitrogen and oxygen atoms in total. The van der Waals surface area contributed by atoms with Crippen molar-refractivity contribution < 1.29 is 19.1 Å². The smallest absolute Gasteiger partial charge is 0.308 e. The Kier molecular flexibility index (Phi) is 4.05. The van der Waals surface area contributed by atoms with Crippen molar-refractivity contribution in [2.24, 2.45) is 0 Å². The van der Waals surface area contributed by atoms with E-state index in [0.717, 1.165) is 10.0 Å². The van der Waals surface area contributed by atoms with Crippen LogP contribution in [0.25, 0.3) is 6.08 Å². The third kappa shape index (κ3) is 3.05. The van der Waals surface area contributed by atoms with E-state index in [4.69, 9.17) is 9.47 Å². The molecule has 0 fully saturated rings. The molecule has 1 aliphatic heterocycles. The quantitative estimate of drug-likeness (QED) is 0.448. The maximum atomic E-state index is 12.4. The van der Waals surface area contributed by atoms with Gasteiger partial charge in [-0.15, -0.1) is 0 Å². The van der Waals surface area contributed by atoms with Crippen LogP contribution in [0, 0.1) is 6.92 Å². The highest BCUT2D eigenvalue weighted by Crippen LogP contribution is 2.39. The van der Waals surface area contributed by atoms with Crippen LogP contribution in [0.2, 0.25) is 0 Å². The average Bonchev–Trinajstić information content (AvgIpc) is 2.82. The largest absolute Gasteiger partial charge is 0.452 e. The van der Waals surface area contributed by atoms with Gasteiger partial charge in [-0.2, -0.15) is 0 Å². The minimum absolute atomic E-state index is 0.180. The Bertz CT molecular complexity index is 835. The average molecular weight is 373 g/mol. The molecule has 0 bridgehead atoms. The fourth-order valence-corrected chi connectivity index (χ4v) is 2.61. The molecule has 5 heteroatoms. The number of esters is 1. The Labute approximate surface area is 141 Å². The maximum absolute atomic E-state index is 12.4. The molecule has 0 aromatic heterocycles. The first-order chi connectivity index (χ1) is 11.0. The second kappa shape index (κ2) is 6.01. The minimum atomic E-state index is -0.414. The van der Waals surface area contributed by atoms with E-state index in [1.54, 1.807) is 25.1 Å². The number of allylic oxidation sites excluding steroid dienone is 1. The molecular formula is C18H13BrO4. The summed E-state index contributed by atoms with van der Waals surface area (Å²) in [4.78, 5) is 23.6. The summed E-state index contributed by atoms with van der Waals surface area (Å²) in [5.74, 6) is 0.500. The van der Waals surface area contributed by atoms with E-state index >= 15 is 0 Å². The second-order valence-corrected chi connectivity index (χ2v) is 6.07. The van der Waals surface area contributed by atoms with Crippen LogP contribution in [0.4, 0.5) is 0 Å². The van der Waals surface area contributed by atoms with Crippen molar-refractivity contribution in [1.82, 2.24) is 0 Å². The number of fused-ring (bicyclic) bond motifs is 1. The van der Waals surface area contributed by atoms with E-state index in [9.17, 15) is 9.59 Å². The highest BCUT2D eigenvalue weighted by Gasteiger charge is 2.30. The predicted molar refractivity (Wildman–Crippen MR) is 89.6 cm³/mol. The van der Waals surface area contributed by atoms with E-state index in [-0.39, 0.29) is 11.5 Å². The normalized spacial score (nSPS) is 14.6. The number of carbonyl (C=O) groups excluding carboxylic acids is 2. The van der Waals surface area contributed by atoms with E-state index in [1.165, 1.54) is 6.92 Å². The highest BCUT2D eigenvalue weighted by molar-refractivity contribution is 9.10. The fraction of sp³-hybridized carbons (Fsp3) is 0.111. The lowest BCUT2D eigenvalue weighted by molar-refractivity contribution is -0.131. The van der Waals surface area contributed by atoms with Gasteiger partial charge >= 0.3 is 5.97 Å². The van der Waals surface area contributed by atoms with Crippen LogP contribution >= 0.6 is 15.9 Å². The highest BCUT2D eigenvalue weighted by atomic mass is 79.9. The summed E-state index contributed by atoms with van der Waals surface area (Å²) in [6, 6.07) is 10.8. The number of Topliss-reactive ketones (excluding diaryl/α,β-unsaturated/α-hetero) is 1. The van der Waals surface area contributed by atoms with Crippen molar-refractivity contribution in [3.8, 4) is 11.5 Å². The number of ketones is 1. The van der Waals surface area contributed by atoms with E-state index in [0.29, 0.717) is 22.6 Å². The summed E-state index contributed by atoms with van der Waals surface area (Å²) in [5, 5.41) is 0. The van der Waals surface area contributed by atoms with Crippen LogP contribution < -0.4 is 9.47 Å². The van der Waals surface area contributed by atoms with Gasteiger partial charge in [-0.1, -0.05) is 28.1 Å². The van der Waals surface area contributed by atoms with Crippen molar-refractivity contribution in [2.45, 2.75) is 13.8 Å². The molecule has 0 unspecified atom stereocenters. The molecule has 0 radical (unpaired) electrons. The Hall–Kier alpha value is -2.40. The van der Waals surface area contributed by atoms with Crippen molar-refractivity contribution in [3.05, 3.63) is 63.3 Å². The predicted octanol–water partition coefficient (Wildman–Crippen LogP) is 4.30. The standard InChI is InChI=1S/C18H13BrO4/c1-10-15(22-11(2)20)8-7-14-17(21)16(23-18(10)14)9-12-3-5-13(19)6-4-12/h3-9H,1-2H3/b16-9-. The van der Waals surface area contributed by atoms with Crippen LogP contribution in [-0.2, 0) is 4.79 Å². The lowest BCUT2D eigenvalue weighted by atomic mass is 10.1. The van der Waals surface area contributed by atoms with E-state index in [2.05, 4.69) is 15.9 Å². The molecular weight excluding hydrogens is 360 g/mol. The summed E-state index contributed by atoms with van der Waals surface area (Å²) in [5.41, 5.74) is 1.97. The number of hydrogen-bond donors (Lipinski definition) is 0. The second-order valence-electron chi connectivity index (χ2n) is 5.15. The SMILES string of the molecule is CC(=O)Oc1ccc2c(c1C)O/C(=C\c1ccc(Br)cc1)C2=O. The third-order valence-electron chi connectivity index (χ3n) is 3.46. The molecule has 2 aromatic carbocycles. The van der Waals surface area contributed by atoms with Crippen molar-refractivity contribution in [1.29, 1.82) is 0 Å². The molecule has 0 saturated heterocycles. The van der Waals surface area contributed by atoms with Gasteiger partial charge < -0.3 is 9.47 Å². The molecule has 1 aliphatic rings. The maximum Gasteiger partial charge on any atom is 0.308 e. The van der Waals surface area contributed by atoms with Gasteiger partial charge in [0.25, 0.3) is 0 Å². The Morgan fingerprint density at radius 2 is 1.87 bits per heavy atom. The molecule has 0 spiro atoms. The van der Waals surface area contributed by atoms with Gasteiger partial charge in [0.15, 0.2) is 5.76 Å². The number of halogens is 1. The first-order valence-corrected chi connectivity index (χ1v) is 7.77. The zero-order valence-electron chi connectivity index (χ0n) is 12.6. The third-order valence-corrected chi connectivity index (χ3v) is 3.99. The summed E-state index contributed by atoms with van der Waals surface area (Å²) >= 11 is 3.37. The lowest BCUT2D eigenvalue weighted by Gasteiger charge is -2.08. The molecule has 0 atom stereocenters. The number of ether oxygens (including phenoxy) is 2. The molecule has 0 saturated carbocycles. The zero-order valence-corrected chi connectivity index (χ0v) is 14.1. The fourth-order valence-electron chi connectivity index (χ4n) is 2.34. The van der Waals surface area contributed by atoms with Gasteiger partial charge in [0.05, 0.1) is 5.56 Å². The van der Waals surface area contributed by atoms with Gasteiger partial charge in [0.2, 0.25) is 5.78 Å². The van der Waals surface area contributed by atoms with E-state index < -0.39 is 5.97 Å². The molecule has 23 heavy (non-hydrogen) atoms. The molecule has 3 rings (SSSR count). The van der Waals surface area contributed by atoms with Crippen LogP contribution in [0.15, 0.2) is 46.6 Å². The summed E-state index contributed by atoms with van der Waals surface area (Å²) in [6.45, 7) is 3.09. The van der Waals surface area contributed by atoms with Crippen molar-refractivity contribution >= 4 is 33.8 Å². The number of benzene rings is 2. The van der Waals surface area contributed by atoms with Crippen molar-refractivity contribution in [2.75, 3.05) is 0 Å². The number of rotatable bonds is 2. The van der Waals surface area contributed by atoms with Crippen LogP contribution in [0.1, 0.15) is 28.4 Å². The van der Waals surface area contributed by atoms with Crippen molar-refractivity contribution in [3.63, 3.8) is 0 Å². The van der Waals surface area contributed by atoms with Gasteiger partial charge in [-0.3, -0.25) is 9.59 Å². The topological polar surface area (TPSA) is 52.6 Å². The number of hydrogen-bond acceptors (Lipinski definition) is 4. The molecule has 0 aliphatic carbocycles. The summed E-state index contributed by atoms with van der Waals surface area (Å²) in [7, 11) is 0. The van der Waals surface area contributed by atoms with Gasteiger partial charge in [-0.25, -0.2) is 0 Å². The van der Waals surface area contributed by atoms with Crippen LogP contribution in [0.3, 0.4) is 0 Å². The Morgan fingerprint density at radius 1 is 1.17 bits per heavy atom. The number of carbonyl (C=O) groups is 2. The van der Waals surface area contributed by atoms with Gasteiger partial charge in [0.1, 0.15) is 11.5 Å². The van der Waals surface area contributed by atoms with Crippen LogP contribution in [0.5, 0.6) is 11.5 Å². The summed E-state index contributed by atoms with van der Waals surface area (Å²) in [6.07, 6.45) is 1.69. The zero-order chi connectivity index (χ0) is 16.6. The van der Waals surface area contributed by atoms with Crippen LogP contribution in [-0.4, -0.2) is 11.8 Å². The van der Waals surface area contributed by atoms with Gasteiger partial charge in [0, 0.05) is 17.0 Å². The first kappa shape index (κ1) is 15.5. The molecule has 2 aromatic rings. The molecule has 0 amide bonds. The molecule has 116 valence electrons.